The van der Waals surface area contributed by atoms with E-state index in [4.69, 9.17) is 0 Å². The number of non-ortho nitro benzene ring substituents is 1. The molecule has 5 rings (SSSR count). The van der Waals surface area contributed by atoms with Crippen LogP contribution in [0, 0.1) is 16.0 Å². The molecular weight excluding hydrogens is 348 g/mol. The van der Waals surface area contributed by atoms with Crippen LogP contribution >= 0.6 is 0 Å². The molecule has 1 heterocycles. The second kappa shape index (κ2) is 6.64. The molecule has 28 heavy (non-hydrogen) atoms. The number of anilines is 1. The molecule has 3 aromatic carbocycles. The van der Waals surface area contributed by atoms with E-state index in [0.717, 1.165) is 12.0 Å². The number of hydrogen-bond acceptors (Lipinski definition) is 3. The molecule has 0 aromatic heterocycles. The summed E-state index contributed by atoms with van der Waals surface area (Å²) in [6.07, 6.45) is 5.59. The monoisotopic (exact) mass is 368 g/mol. The highest BCUT2D eigenvalue weighted by molar-refractivity contribution is 5.82. The third kappa shape index (κ3) is 2.69. The third-order valence-electron chi connectivity index (χ3n) is 5.94. The van der Waals surface area contributed by atoms with Gasteiger partial charge in [-0.2, -0.15) is 0 Å². The molecule has 138 valence electrons. The maximum atomic E-state index is 11.0. The lowest BCUT2D eigenvalue weighted by atomic mass is 9.76. The first kappa shape index (κ1) is 16.8. The van der Waals surface area contributed by atoms with Crippen LogP contribution in [0.1, 0.15) is 29.5 Å². The van der Waals surface area contributed by atoms with Crippen molar-refractivity contribution in [3.05, 3.63) is 106 Å². The van der Waals surface area contributed by atoms with Crippen molar-refractivity contribution in [2.45, 2.75) is 18.4 Å². The van der Waals surface area contributed by atoms with Gasteiger partial charge in [-0.3, -0.25) is 10.1 Å². The lowest BCUT2D eigenvalue weighted by molar-refractivity contribution is -0.384. The second-order valence-electron chi connectivity index (χ2n) is 7.46. The van der Waals surface area contributed by atoms with Crippen LogP contribution in [0.15, 0.2) is 84.9 Å². The van der Waals surface area contributed by atoms with Crippen LogP contribution in [0.2, 0.25) is 0 Å². The Kier molecular flexibility index (Phi) is 3.97. The molecule has 1 aliphatic carbocycles. The van der Waals surface area contributed by atoms with E-state index in [2.05, 4.69) is 59.9 Å². The second-order valence-corrected chi connectivity index (χ2v) is 7.46. The van der Waals surface area contributed by atoms with Gasteiger partial charge in [-0.1, -0.05) is 72.8 Å². The maximum Gasteiger partial charge on any atom is 0.269 e. The Morgan fingerprint density at radius 1 is 0.929 bits per heavy atom. The van der Waals surface area contributed by atoms with Crippen LogP contribution in [0.3, 0.4) is 0 Å². The summed E-state index contributed by atoms with van der Waals surface area (Å²) in [5.74, 6) is 0.778. The highest BCUT2D eigenvalue weighted by Crippen LogP contribution is 2.52. The molecule has 4 nitrogen and oxygen atoms in total. The first-order chi connectivity index (χ1) is 13.7. The fraction of sp³-hybridized carbons (Fsp3) is 0.167. The molecule has 1 N–H and O–H groups in total. The van der Waals surface area contributed by atoms with Gasteiger partial charge in [-0.05, 0) is 29.0 Å². The number of hydrogen-bond donors (Lipinski definition) is 1. The van der Waals surface area contributed by atoms with Gasteiger partial charge in [0.05, 0.1) is 11.0 Å². The highest BCUT2D eigenvalue weighted by Gasteiger charge is 2.38. The maximum absolute atomic E-state index is 11.0. The third-order valence-corrected chi connectivity index (χ3v) is 5.94. The minimum Gasteiger partial charge on any atom is -0.377 e. The quantitative estimate of drug-likeness (QED) is 0.346. The van der Waals surface area contributed by atoms with Gasteiger partial charge in [-0.15, -0.1) is 0 Å². The molecule has 0 amide bonds. The minimum atomic E-state index is -0.346. The van der Waals surface area contributed by atoms with Crippen LogP contribution in [0.25, 0.3) is 11.1 Å². The van der Waals surface area contributed by atoms with Gasteiger partial charge >= 0.3 is 0 Å². The van der Waals surface area contributed by atoms with E-state index in [1.807, 2.05) is 18.2 Å². The number of nitrogens with zero attached hydrogens (tertiary/aromatic N) is 1. The molecule has 4 heteroatoms. The molecule has 0 spiro atoms. The highest BCUT2D eigenvalue weighted by atomic mass is 16.6. The lowest BCUT2D eigenvalue weighted by Crippen LogP contribution is -2.29. The van der Waals surface area contributed by atoms with Gasteiger partial charge in [0.15, 0.2) is 0 Å². The van der Waals surface area contributed by atoms with E-state index >= 15 is 0 Å². The number of nitro benzene ring substituents is 1. The Labute approximate surface area is 163 Å². The zero-order chi connectivity index (χ0) is 19.1. The average molecular weight is 368 g/mol. The van der Waals surface area contributed by atoms with Gasteiger partial charge in [-0.25, -0.2) is 0 Å². The SMILES string of the molecule is O=[N+]([O-])c1ccc([C@H]2Nc3c(-c4ccccc4)cccc3C3C=CCC32)cc1. The van der Waals surface area contributed by atoms with E-state index in [0.29, 0.717) is 11.8 Å². The Balaban J connectivity index is 1.60. The van der Waals surface area contributed by atoms with E-state index in [1.165, 1.54) is 22.4 Å². The molecule has 2 aliphatic rings. The van der Waals surface area contributed by atoms with Crippen molar-refractivity contribution < 1.29 is 4.92 Å². The number of allylic oxidation sites excluding steroid dienone is 2. The van der Waals surface area contributed by atoms with Crippen molar-refractivity contribution in [1.82, 2.24) is 0 Å². The number of para-hydroxylation sites is 1. The van der Waals surface area contributed by atoms with Crippen LogP contribution < -0.4 is 5.32 Å². The van der Waals surface area contributed by atoms with Crippen LogP contribution in [0.4, 0.5) is 11.4 Å². The molecule has 0 saturated carbocycles. The van der Waals surface area contributed by atoms with Gasteiger partial charge in [0.2, 0.25) is 0 Å². The predicted molar refractivity (Wildman–Crippen MR) is 111 cm³/mol. The fourth-order valence-corrected chi connectivity index (χ4v) is 4.61. The Morgan fingerprint density at radius 3 is 2.46 bits per heavy atom. The molecule has 2 unspecified atom stereocenters. The van der Waals surface area contributed by atoms with E-state index in [1.54, 1.807) is 12.1 Å². The standard InChI is InChI=1S/C24H20N2O2/c27-26(28)18-14-12-17(13-15-18)23-21-10-5-9-20(21)22-11-4-8-19(24(22)25-23)16-6-2-1-3-7-16/h1-9,11-15,20-21,23,25H,10H2/t20?,21?,23-/m1/s1. The van der Waals surface area contributed by atoms with Crippen molar-refractivity contribution in [2.75, 3.05) is 5.32 Å². The summed E-state index contributed by atoms with van der Waals surface area (Å²) in [7, 11) is 0. The molecule has 1 aliphatic heterocycles. The fourth-order valence-electron chi connectivity index (χ4n) is 4.61. The zero-order valence-corrected chi connectivity index (χ0v) is 15.3. The molecule has 0 bridgehead atoms. The van der Waals surface area contributed by atoms with E-state index in [-0.39, 0.29) is 16.7 Å². The largest absolute Gasteiger partial charge is 0.377 e. The smallest absolute Gasteiger partial charge is 0.269 e. The molecule has 0 saturated heterocycles. The van der Waals surface area contributed by atoms with Crippen molar-refractivity contribution >= 4 is 11.4 Å². The number of rotatable bonds is 3. The summed E-state index contributed by atoms with van der Waals surface area (Å²) in [5.41, 5.74) is 6.12. The van der Waals surface area contributed by atoms with Gasteiger partial charge in [0, 0.05) is 29.3 Å². The number of nitro groups is 1. The van der Waals surface area contributed by atoms with Gasteiger partial charge in [0.1, 0.15) is 0 Å². The summed E-state index contributed by atoms with van der Waals surface area (Å²) in [5, 5.41) is 14.8. The van der Waals surface area contributed by atoms with Crippen LogP contribution in [-0.4, -0.2) is 4.92 Å². The summed E-state index contributed by atoms with van der Waals surface area (Å²) in [6, 6.07) is 24.0. The predicted octanol–water partition coefficient (Wildman–Crippen LogP) is 6.09. The lowest BCUT2D eigenvalue weighted by Gasteiger charge is -2.38. The average Bonchev–Trinajstić information content (AvgIpc) is 3.24. The van der Waals surface area contributed by atoms with E-state index in [9.17, 15) is 10.1 Å². The first-order valence-electron chi connectivity index (χ1n) is 9.58. The van der Waals surface area contributed by atoms with Crippen molar-refractivity contribution in [1.29, 1.82) is 0 Å². The van der Waals surface area contributed by atoms with Gasteiger partial charge < -0.3 is 5.32 Å². The first-order valence-corrected chi connectivity index (χ1v) is 9.58. The summed E-state index contributed by atoms with van der Waals surface area (Å²) in [6.45, 7) is 0. The number of benzene rings is 3. The number of fused-ring (bicyclic) bond motifs is 3. The zero-order valence-electron chi connectivity index (χ0n) is 15.3. The molecular formula is C24H20N2O2. The topological polar surface area (TPSA) is 55.2 Å². The normalized spacial score (nSPS) is 22.2. The Morgan fingerprint density at radius 2 is 1.71 bits per heavy atom. The van der Waals surface area contributed by atoms with Crippen molar-refractivity contribution in [3.63, 3.8) is 0 Å². The summed E-state index contributed by atoms with van der Waals surface area (Å²) in [4.78, 5) is 10.7. The molecule has 3 atom stereocenters. The number of nitrogens with one attached hydrogen (secondary N) is 1. The van der Waals surface area contributed by atoms with Crippen molar-refractivity contribution in [3.8, 4) is 11.1 Å². The van der Waals surface area contributed by atoms with Crippen LogP contribution in [-0.2, 0) is 0 Å². The van der Waals surface area contributed by atoms with E-state index < -0.39 is 0 Å². The molecule has 0 fully saturated rings. The Bertz CT molecular complexity index is 1060. The molecule has 3 aromatic rings. The van der Waals surface area contributed by atoms with Crippen LogP contribution in [0.5, 0.6) is 0 Å². The minimum absolute atomic E-state index is 0.123. The Hall–Kier alpha value is -3.40. The molecule has 0 radical (unpaired) electrons. The summed E-state index contributed by atoms with van der Waals surface area (Å²) < 4.78 is 0. The van der Waals surface area contributed by atoms with Gasteiger partial charge in [0.25, 0.3) is 5.69 Å². The van der Waals surface area contributed by atoms with Crippen molar-refractivity contribution in [2.24, 2.45) is 5.92 Å². The summed E-state index contributed by atoms with van der Waals surface area (Å²) >= 11 is 0.